The second-order valence-corrected chi connectivity index (χ2v) is 4.68. The lowest BCUT2D eigenvalue weighted by molar-refractivity contribution is 0.0923. The van der Waals surface area contributed by atoms with Crippen LogP contribution in [0.15, 0.2) is 22.7 Å². The maximum absolute atomic E-state index is 11.3. The third-order valence-electron chi connectivity index (χ3n) is 1.88. The Kier molecular flexibility index (Phi) is 1.71. The van der Waals surface area contributed by atoms with Gasteiger partial charge in [-0.1, -0.05) is 17.8 Å². The average Bonchev–Trinajstić information content (AvgIpc) is 2.83. The molecule has 1 aliphatic rings. The summed E-state index contributed by atoms with van der Waals surface area (Å²) in [5.41, 5.74) is 0. The lowest BCUT2D eigenvalue weighted by Crippen LogP contribution is -2.08. The van der Waals surface area contributed by atoms with Crippen molar-refractivity contribution in [3.63, 3.8) is 0 Å². The van der Waals surface area contributed by atoms with Crippen LogP contribution in [0.1, 0.15) is 4.79 Å². The van der Waals surface area contributed by atoms with Gasteiger partial charge in [0.1, 0.15) is 0 Å². The lowest BCUT2D eigenvalue weighted by Gasteiger charge is -1.87. The normalized spacial score (nSPS) is 14.7. The van der Waals surface area contributed by atoms with Crippen LogP contribution in [-0.2, 0) is 0 Å². The highest BCUT2D eigenvalue weighted by Crippen LogP contribution is 2.28. The predicted molar refractivity (Wildman–Crippen MR) is 54.7 cm³/mol. The van der Waals surface area contributed by atoms with Crippen LogP contribution >= 0.6 is 23.1 Å². The number of nitrogens with zero attached hydrogens (tertiary/aromatic N) is 3. The zero-order valence-electron chi connectivity index (χ0n) is 7.01. The number of hydrogen-bond donors (Lipinski definition) is 0. The van der Waals surface area contributed by atoms with E-state index in [2.05, 4.69) is 10.1 Å². The summed E-state index contributed by atoms with van der Waals surface area (Å²) >= 11 is 3.01. The molecular weight excluding hydrogens is 218 g/mol. The number of rotatable bonds is 1. The molecule has 0 atom stereocenters. The van der Waals surface area contributed by atoms with Gasteiger partial charge in [-0.2, -0.15) is 9.67 Å². The number of fused-ring (bicyclic) bond motifs is 1. The number of carbonyl (C=O) groups excluding carboxylic acids is 1. The molecule has 3 heterocycles. The van der Waals surface area contributed by atoms with Crippen LogP contribution < -0.4 is 0 Å². The Hall–Kier alpha value is -1.14. The highest BCUT2D eigenvalue weighted by atomic mass is 32.2. The van der Waals surface area contributed by atoms with E-state index in [1.54, 1.807) is 11.3 Å². The van der Waals surface area contributed by atoms with Gasteiger partial charge in [-0.25, -0.2) is 0 Å². The minimum atomic E-state index is 0.0142. The average molecular weight is 223 g/mol. The zero-order valence-corrected chi connectivity index (χ0v) is 8.64. The van der Waals surface area contributed by atoms with E-state index >= 15 is 0 Å². The van der Waals surface area contributed by atoms with Crippen LogP contribution in [0.5, 0.6) is 0 Å². The number of thiophene rings is 1. The molecule has 70 valence electrons. The van der Waals surface area contributed by atoms with Crippen LogP contribution in [0.4, 0.5) is 0 Å². The fraction of sp³-hybridized carbons (Fsp3) is 0.125. The molecule has 0 bridgehead atoms. The summed E-state index contributed by atoms with van der Waals surface area (Å²) in [5, 5.41) is 6.84. The zero-order chi connectivity index (χ0) is 9.54. The minimum Gasteiger partial charge on any atom is -0.271 e. The third-order valence-corrected chi connectivity index (χ3v) is 3.66. The topological polar surface area (TPSA) is 47.8 Å². The maximum Gasteiger partial charge on any atom is 0.259 e. The molecule has 0 aliphatic carbocycles. The molecule has 0 aromatic carbocycles. The Morgan fingerprint density at radius 2 is 2.43 bits per heavy atom. The summed E-state index contributed by atoms with van der Waals surface area (Å²) in [7, 11) is 0. The van der Waals surface area contributed by atoms with Gasteiger partial charge in [0.05, 0.1) is 10.6 Å². The van der Waals surface area contributed by atoms with Crippen LogP contribution in [0.3, 0.4) is 0 Å². The van der Waals surface area contributed by atoms with E-state index in [0.29, 0.717) is 16.7 Å². The monoisotopic (exact) mass is 223 g/mol. The molecule has 0 amide bonds. The van der Waals surface area contributed by atoms with Gasteiger partial charge in [-0.15, -0.1) is 16.4 Å². The van der Waals surface area contributed by atoms with Crippen molar-refractivity contribution >= 4 is 29.0 Å². The molecular formula is C8H5N3OS2. The van der Waals surface area contributed by atoms with Crippen molar-refractivity contribution in [1.29, 1.82) is 0 Å². The van der Waals surface area contributed by atoms with Crippen molar-refractivity contribution in [2.45, 2.75) is 5.16 Å². The molecule has 0 saturated heterocycles. The molecule has 14 heavy (non-hydrogen) atoms. The second kappa shape index (κ2) is 2.93. The molecule has 0 spiro atoms. The van der Waals surface area contributed by atoms with Crippen molar-refractivity contribution in [3.05, 3.63) is 17.5 Å². The molecule has 0 radical (unpaired) electrons. The van der Waals surface area contributed by atoms with E-state index in [1.165, 1.54) is 16.4 Å². The first-order valence-corrected chi connectivity index (χ1v) is 5.88. The van der Waals surface area contributed by atoms with Gasteiger partial charge in [0.2, 0.25) is 0 Å². The highest BCUT2D eigenvalue weighted by molar-refractivity contribution is 8.00. The van der Waals surface area contributed by atoms with Crippen molar-refractivity contribution in [1.82, 2.24) is 14.8 Å². The van der Waals surface area contributed by atoms with E-state index in [4.69, 9.17) is 0 Å². The summed E-state index contributed by atoms with van der Waals surface area (Å²) in [6.45, 7) is 0. The molecule has 0 N–H and O–H groups in total. The molecule has 0 fully saturated rings. The Morgan fingerprint density at radius 1 is 1.50 bits per heavy atom. The number of aromatic nitrogens is 3. The Balaban J connectivity index is 2.11. The number of hydrogen-bond acceptors (Lipinski definition) is 5. The fourth-order valence-electron chi connectivity index (χ4n) is 1.25. The van der Waals surface area contributed by atoms with Gasteiger partial charge in [0.15, 0.2) is 11.0 Å². The fourth-order valence-corrected chi connectivity index (χ4v) is 2.69. The number of carbonyl (C=O) groups is 1. The molecule has 0 unspecified atom stereocenters. The van der Waals surface area contributed by atoms with Gasteiger partial charge >= 0.3 is 0 Å². The lowest BCUT2D eigenvalue weighted by atomic mass is 10.4. The summed E-state index contributed by atoms with van der Waals surface area (Å²) in [5.74, 6) is 1.12. The molecule has 6 heteroatoms. The first-order chi connectivity index (χ1) is 6.84. The van der Waals surface area contributed by atoms with Crippen LogP contribution in [0, 0.1) is 0 Å². The maximum atomic E-state index is 11.3. The van der Waals surface area contributed by atoms with Crippen molar-refractivity contribution in [3.8, 4) is 10.7 Å². The van der Waals surface area contributed by atoms with Gasteiger partial charge in [0.25, 0.3) is 5.91 Å². The smallest absolute Gasteiger partial charge is 0.259 e. The molecule has 4 nitrogen and oxygen atoms in total. The molecule has 2 aromatic heterocycles. The Labute approximate surface area is 88.0 Å². The van der Waals surface area contributed by atoms with Crippen LogP contribution in [-0.4, -0.2) is 26.4 Å². The first-order valence-electron chi connectivity index (χ1n) is 4.01. The minimum absolute atomic E-state index is 0.0142. The third kappa shape index (κ3) is 1.11. The second-order valence-electron chi connectivity index (χ2n) is 2.79. The van der Waals surface area contributed by atoms with Crippen molar-refractivity contribution in [2.24, 2.45) is 0 Å². The Morgan fingerprint density at radius 3 is 3.14 bits per heavy atom. The van der Waals surface area contributed by atoms with E-state index < -0.39 is 0 Å². The van der Waals surface area contributed by atoms with E-state index in [1.807, 2.05) is 17.5 Å². The predicted octanol–water partition coefficient (Wildman–Crippen LogP) is 1.75. The van der Waals surface area contributed by atoms with E-state index in [9.17, 15) is 4.79 Å². The summed E-state index contributed by atoms with van der Waals surface area (Å²) < 4.78 is 1.39. The van der Waals surface area contributed by atoms with Gasteiger partial charge in [-0.05, 0) is 11.4 Å². The highest BCUT2D eigenvalue weighted by Gasteiger charge is 2.24. The summed E-state index contributed by atoms with van der Waals surface area (Å²) in [6, 6.07) is 3.89. The Bertz CT molecular complexity index is 489. The van der Waals surface area contributed by atoms with E-state index in [0.717, 1.165) is 4.88 Å². The molecule has 3 rings (SSSR count). The van der Waals surface area contributed by atoms with Crippen molar-refractivity contribution in [2.75, 3.05) is 5.75 Å². The van der Waals surface area contributed by atoms with E-state index in [-0.39, 0.29) is 5.91 Å². The quantitative estimate of drug-likeness (QED) is 0.739. The molecule has 2 aromatic rings. The SMILES string of the molecule is O=C1CSc2nc(-c3cccs3)nn21. The van der Waals surface area contributed by atoms with Gasteiger partial charge < -0.3 is 0 Å². The first kappa shape index (κ1) is 8.19. The summed E-state index contributed by atoms with van der Waals surface area (Å²) in [6.07, 6.45) is 0. The van der Waals surface area contributed by atoms with Crippen molar-refractivity contribution < 1.29 is 4.79 Å². The molecule has 0 saturated carbocycles. The van der Waals surface area contributed by atoms with Gasteiger partial charge in [0, 0.05) is 0 Å². The largest absolute Gasteiger partial charge is 0.271 e. The van der Waals surface area contributed by atoms with Crippen LogP contribution in [0.25, 0.3) is 10.7 Å². The van der Waals surface area contributed by atoms with Crippen LogP contribution in [0.2, 0.25) is 0 Å². The van der Waals surface area contributed by atoms with Gasteiger partial charge in [-0.3, -0.25) is 4.79 Å². The number of thioether (sulfide) groups is 1. The standard InChI is InChI=1S/C8H5N3OS2/c12-6-4-14-8-9-7(10-11(6)8)5-2-1-3-13-5/h1-3H,4H2. The molecule has 1 aliphatic heterocycles. The summed E-state index contributed by atoms with van der Waals surface area (Å²) in [4.78, 5) is 16.6.